The quantitative estimate of drug-likeness (QED) is 0.400. The van der Waals surface area contributed by atoms with Crippen LogP contribution in [0.4, 0.5) is 18.3 Å². The number of carbonyl (C=O) groups excluding carboxylic acids is 1. The maximum absolute atomic E-state index is 13.8. The zero-order valence-corrected chi connectivity index (χ0v) is 15.7. The normalized spacial score (nSPS) is 10.8. The molecular weight excluding hydrogens is 393 g/mol. The largest absolute Gasteiger partial charge is 0.302 e. The smallest absolute Gasteiger partial charge is 0.226 e. The first-order valence-corrected chi connectivity index (χ1v) is 9.97. The highest BCUT2D eigenvalue weighted by Gasteiger charge is 2.12. The van der Waals surface area contributed by atoms with E-state index in [-0.39, 0.29) is 17.3 Å². The van der Waals surface area contributed by atoms with Gasteiger partial charge in [0, 0.05) is 28.3 Å². The maximum Gasteiger partial charge on any atom is 0.226 e. The first kappa shape index (κ1) is 19.4. The number of halogens is 3. The Morgan fingerprint density at radius 2 is 1.81 bits per heavy atom. The number of benzene rings is 2. The molecule has 0 bridgehead atoms. The lowest BCUT2D eigenvalue weighted by Crippen LogP contribution is -2.11. The lowest BCUT2D eigenvalue weighted by molar-refractivity contribution is -0.116. The molecule has 0 aliphatic heterocycles. The van der Waals surface area contributed by atoms with E-state index < -0.39 is 11.6 Å². The summed E-state index contributed by atoms with van der Waals surface area (Å²) < 4.78 is 39.6. The monoisotopic (exact) mass is 408 g/mol. The number of thioether (sulfide) groups is 1. The predicted octanol–water partition coefficient (Wildman–Crippen LogP) is 5.74. The molecule has 0 unspecified atom stereocenters. The third-order valence-electron chi connectivity index (χ3n) is 3.59. The number of nitrogens with zero attached hydrogens (tertiary/aromatic N) is 1. The van der Waals surface area contributed by atoms with Gasteiger partial charge in [-0.05, 0) is 48.6 Å². The van der Waals surface area contributed by atoms with Gasteiger partial charge in [-0.3, -0.25) is 4.79 Å². The average Bonchev–Trinajstić information content (AvgIpc) is 3.08. The molecule has 8 heteroatoms. The predicted molar refractivity (Wildman–Crippen MR) is 102 cm³/mol. The standard InChI is InChI=1S/C19H15F3N2OS2/c20-12-3-6-14(7-4-12)26-9-1-2-18(25)24-19-23-17(11-27-19)15-8-5-13(21)10-16(15)22/h3-8,10-11H,1-2,9H2,(H,23,24,25). The highest BCUT2D eigenvalue weighted by atomic mass is 32.2. The number of hydrogen-bond acceptors (Lipinski definition) is 4. The summed E-state index contributed by atoms with van der Waals surface area (Å²) in [5.41, 5.74) is 0.531. The fourth-order valence-electron chi connectivity index (χ4n) is 2.29. The van der Waals surface area contributed by atoms with E-state index in [0.29, 0.717) is 23.7 Å². The molecule has 0 spiro atoms. The molecule has 140 valence electrons. The third kappa shape index (κ3) is 5.58. The van der Waals surface area contributed by atoms with E-state index in [4.69, 9.17) is 0 Å². The van der Waals surface area contributed by atoms with Crippen molar-refractivity contribution in [2.45, 2.75) is 17.7 Å². The summed E-state index contributed by atoms with van der Waals surface area (Å²) in [7, 11) is 0. The van der Waals surface area contributed by atoms with Crippen LogP contribution in [0.3, 0.4) is 0 Å². The Kier molecular flexibility index (Phi) is 6.52. The van der Waals surface area contributed by atoms with E-state index in [2.05, 4.69) is 10.3 Å². The molecule has 3 aromatic rings. The summed E-state index contributed by atoms with van der Waals surface area (Å²) in [6.07, 6.45) is 0.965. The minimum absolute atomic E-state index is 0.184. The van der Waals surface area contributed by atoms with E-state index in [1.54, 1.807) is 29.3 Å². The molecule has 27 heavy (non-hydrogen) atoms. The molecule has 0 saturated carbocycles. The number of hydrogen-bond donors (Lipinski definition) is 1. The van der Waals surface area contributed by atoms with E-state index in [0.717, 1.165) is 22.8 Å². The number of thiazole rings is 1. The summed E-state index contributed by atoms with van der Waals surface area (Å²) in [5.74, 6) is -1.09. The molecular formula is C19H15F3N2OS2. The fraction of sp³-hybridized carbons (Fsp3) is 0.158. The summed E-state index contributed by atoms with van der Waals surface area (Å²) in [4.78, 5) is 17.1. The Balaban J connectivity index is 1.47. The maximum atomic E-state index is 13.8. The number of aromatic nitrogens is 1. The second kappa shape index (κ2) is 9.05. The van der Waals surface area contributed by atoms with Gasteiger partial charge in [-0.2, -0.15) is 0 Å². The summed E-state index contributed by atoms with van der Waals surface area (Å²) in [6.45, 7) is 0. The van der Waals surface area contributed by atoms with Crippen molar-refractivity contribution in [2.24, 2.45) is 0 Å². The first-order valence-electron chi connectivity index (χ1n) is 8.10. The molecule has 0 saturated heterocycles. The van der Waals surface area contributed by atoms with Crippen molar-refractivity contribution in [2.75, 3.05) is 11.1 Å². The fourth-order valence-corrected chi connectivity index (χ4v) is 3.87. The number of amides is 1. The second-order valence-electron chi connectivity index (χ2n) is 5.62. The number of nitrogens with one attached hydrogen (secondary N) is 1. The number of rotatable bonds is 7. The van der Waals surface area contributed by atoms with Gasteiger partial charge in [0.05, 0.1) is 5.69 Å². The van der Waals surface area contributed by atoms with Crippen molar-refractivity contribution in [3.63, 3.8) is 0 Å². The molecule has 0 radical (unpaired) electrons. The summed E-state index contributed by atoms with van der Waals surface area (Å²) in [5, 5.41) is 4.66. The van der Waals surface area contributed by atoms with Crippen molar-refractivity contribution in [1.82, 2.24) is 4.98 Å². The van der Waals surface area contributed by atoms with Gasteiger partial charge in [-0.15, -0.1) is 23.1 Å². The SMILES string of the molecule is O=C(CCCSc1ccc(F)cc1)Nc1nc(-c2ccc(F)cc2F)cs1. The van der Waals surface area contributed by atoms with Gasteiger partial charge in [0.15, 0.2) is 5.13 Å². The van der Waals surface area contributed by atoms with Crippen molar-refractivity contribution >= 4 is 34.1 Å². The molecule has 0 fully saturated rings. The zero-order chi connectivity index (χ0) is 19.2. The van der Waals surface area contributed by atoms with Gasteiger partial charge in [-0.25, -0.2) is 18.2 Å². The molecule has 1 amide bonds. The summed E-state index contributed by atoms with van der Waals surface area (Å²) in [6, 6.07) is 9.48. The number of carbonyl (C=O) groups is 1. The molecule has 1 aromatic heterocycles. The topological polar surface area (TPSA) is 42.0 Å². The van der Waals surface area contributed by atoms with Crippen LogP contribution in [-0.4, -0.2) is 16.6 Å². The molecule has 0 aliphatic carbocycles. The van der Waals surface area contributed by atoms with Crippen molar-refractivity contribution < 1.29 is 18.0 Å². The van der Waals surface area contributed by atoms with Crippen LogP contribution in [0.2, 0.25) is 0 Å². The zero-order valence-electron chi connectivity index (χ0n) is 14.0. The molecule has 3 rings (SSSR count). The third-order valence-corrected chi connectivity index (χ3v) is 5.44. The van der Waals surface area contributed by atoms with Crippen molar-refractivity contribution in [1.29, 1.82) is 0 Å². The van der Waals surface area contributed by atoms with Gasteiger partial charge in [0.25, 0.3) is 0 Å². The molecule has 2 aromatic carbocycles. The van der Waals surface area contributed by atoms with E-state index in [9.17, 15) is 18.0 Å². The highest BCUT2D eigenvalue weighted by Crippen LogP contribution is 2.27. The minimum atomic E-state index is -0.698. The van der Waals surface area contributed by atoms with Gasteiger partial charge in [0.1, 0.15) is 17.5 Å². The van der Waals surface area contributed by atoms with Crippen molar-refractivity contribution in [3.05, 3.63) is 65.3 Å². The van der Waals surface area contributed by atoms with Gasteiger partial charge >= 0.3 is 0 Å². The molecule has 0 aliphatic rings. The molecule has 3 nitrogen and oxygen atoms in total. The second-order valence-corrected chi connectivity index (χ2v) is 7.64. The molecule has 1 heterocycles. The van der Waals surface area contributed by atoms with Crippen LogP contribution in [-0.2, 0) is 4.79 Å². The average molecular weight is 408 g/mol. The van der Waals surface area contributed by atoms with E-state index in [1.165, 1.54) is 29.5 Å². The van der Waals surface area contributed by atoms with Crippen LogP contribution < -0.4 is 5.32 Å². The summed E-state index contributed by atoms with van der Waals surface area (Å²) >= 11 is 2.73. The first-order chi connectivity index (χ1) is 13.0. The van der Waals surface area contributed by atoms with E-state index in [1.807, 2.05) is 0 Å². The van der Waals surface area contributed by atoms with Crippen LogP contribution in [0.15, 0.2) is 52.7 Å². The van der Waals surface area contributed by atoms with Gasteiger partial charge in [0.2, 0.25) is 5.91 Å². The van der Waals surface area contributed by atoms with Crippen LogP contribution in [0.25, 0.3) is 11.3 Å². The Bertz CT molecular complexity index is 929. The van der Waals surface area contributed by atoms with Crippen molar-refractivity contribution in [3.8, 4) is 11.3 Å². The number of anilines is 1. The lowest BCUT2D eigenvalue weighted by atomic mass is 10.1. The van der Waals surface area contributed by atoms with Crippen LogP contribution in [0.5, 0.6) is 0 Å². The van der Waals surface area contributed by atoms with Crippen LogP contribution in [0, 0.1) is 17.5 Å². The Morgan fingerprint density at radius 1 is 1.07 bits per heavy atom. The highest BCUT2D eigenvalue weighted by molar-refractivity contribution is 7.99. The van der Waals surface area contributed by atoms with Gasteiger partial charge < -0.3 is 5.32 Å². The minimum Gasteiger partial charge on any atom is -0.302 e. The lowest BCUT2D eigenvalue weighted by Gasteiger charge is -2.03. The Hall–Kier alpha value is -2.32. The Labute approximate surface area is 162 Å². The molecule has 0 atom stereocenters. The van der Waals surface area contributed by atoms with Crippen LogP contribution >= 0.6 is 23.1 Å². The molecule has 1 N–H and O–H groups in total. The van der Waals surface area contributed by atoms with Crippen LogP contribution in [0.1, 0.15) is 12.8 Å². The van der Waals surface area contributed by atoms with Gasteiger partial charge in [-0.1, -0.05) is 0 Å². The van der Waals surface area contributed by atoms with E-state index >= 15 is 0 Å². The Morgan fingerprint density at radius 3 is 2.56 bits per heavy atom.